The van der Waals surface area contributed by atoms with Crippen LogP contribution in [0.1, 0.15) is 29.5 Å². The normalized spacial score (nSPS) is 16.1. The van der Waals surface area contributed by atoms with Crippen LogP contribution in [0.5, 0.6) is 0 Å². The summed E-state index contributed by atoms with van der Waals surface area (Å²) >= 11 is 0. The van der Waals surface area contributed by atoms with Crippen molar-refractivity contribution >= 4 is 17.3 Å². The molecular formula is C17H18N2O. The lowest BCUT2D eigenvalue weighted by atomic mass is 9.77. The van der Waals surface area contributed by atoms with Gasteiger partial charge in [-0.3, -0.25) is 4.79 Å². The van der Waals surface area contributed by atoms with Crippen LogP contribution in [0, 0.1) is 0 Å². The Morgan fingerprint density at radius 1 is 1.30 bits per heavy atom. The molecule has 1 aliphatic carbocycles. The number of nitrogen functional groups attached to an aromatic ring is 1. The van der Waals surface area contributed by atoms with Gasteiger partial charge in [0.25, 0.3) is 0 Å². The van der Waals surface area contributed by atoms with Gasteiger partial charge in [-0.15, -0.1) is 0 Å². The molecule has 0 saturated heterocycles. The minimum Gasteiger partial charge on any atom is -0.398 e. The van der Waals surface area contributed by atoms with Gasteiger partial charge >= 0.3 is 0 Å². The molecule has 0 aliphatic heterocycles. The molecule has 1 aliphatic rings. The van der Waals surface area contributed by atoms with Gasteiger partial charge in [-0.05, 0) is 41.7 Å². The van der Waals surface area contributed by atoms with Crippen molar-refractivity contribution in [2.45, 2.75) is 25.7 Å². The van der Waals surface area contributed by atoms with E-state index < -0.39 is 0 Å². The number of anilines is 2. The van der Waals surface area contributed by atoms with E-state index in [2.05, 4.69) is 18.3 Å². The minimum absolute atomic E-state index is 0.0294. The molecule has 0 heterocycles. The van der Waals surface area contributed by atoms with E-state index in [0.29, 0.717) is 0 Å². The van der Waals surface area contributed by atoms with Crippen molar-refractivity contribution in [1.29, 1.82) is 0 Å². The van der Waals surface area contributed by atoms with Crippen LogP contribution in [0.2, 0.25) is 0 Å². The maximum absolute atomic E-state index is 12.3. The van der Waals surface area contributed by atoms with Crippen LogP contribution in [0.4, 0.5) is 11.4 Å². The summed E-state index contributed by atoms with van der Waals surface area (Å²) in [7, 11) is 0. The summed E-state index contributed by atoms with van der Waals surface area (Å²) < 4.78 is 0. The molecule has 2 aromatic carbocycles. The summed E-state index contributed by atoms with van der Waals surface area (Å²) in [4.78, 5) is 12.3. The Balaban J connectivity index is 1.73. The topological polar surface area (TPSA) is 55.1 Å². The zero-order valence-corrected chi connectivity index (χ0v) is 11.5. The molecule has 20 heavy (non-hydrogen) atoms. The molecule has 3 N–H and O–H groups in total. The van der Waals surface area contributed by atoms with E-state index in [0.717, 1.165) is 35.3 Å². The number of carbonyl (C=O) groups excluding carboxylic acids is 1. The maximum atomic E-state index is 12.3. The fourth-order valence-corrected chi connectivity index (χ4v) is 2.72. The molecule has 0 bridgehead atoms. The summed E-state index contributed by atoms with van der Waals surface area (Å²) in [6.07, 6.45) is 1.72. The second kappa shape index (κ2) is 5.00. The smallest absolute Gasteiger partial charge is 0.232 e. The Morgan fingerprint density at radius 3 is 2.80 bits per heavy atom. The third-order valence-corrected chi connectivity index (χ3v) is 3.97. The lowest BCUT2D eigenvalue weighted by molar-refractivity contribution is -0.118. The number of amides is 1. The molecule has 3 heteroatoms. The number of rotatable bonds is 3. The van der Waals surface area contributed by atoms with E-state index in [-0.39, 0.29) is 11.8 Å². The predicted molar refractivity (Wildman–Crippen MR) is 81.7 cm³/mol. The van der Waals surface area contributed by atoms with E-state index >= 15 is 0 Å². The highest BCUT2D eigenvalue weighted by Gasteiger charge is 2.31. The van der Waals surface area contributed by atoms with Gasteiger partial charge in [-0.1, -0.05) is 37.3 Å². The van der Waals surface area contributed by atoms with Crippen LogP contribution in [-0.2, 0) is 17.6 Å². The van der Waals surface area contributed by atoms with E-state index in [1.807, 2.05) is 36.4 Å². The van der Waals surface area contributed by atoms with Gasteiger partial charge in [0.2, 0.25) is 5.91 Å². The standard InChI is InChI=1S/C17H18N2O/c1-2-11-7-8-13(10-16(11)18)19-17(20)15-9-12-5-3-4-6-14(12)15/h3-8,10,15H,2,9,18H2,1H3,(H,19,20). The average Bonchev–Trinajstić information content (AvgIpc) is 2.40. The molecule has 0 aromatic heterocycles. The van der Waals surface area contributed by atoms with Gasteiger partial charge in [0, 0.05) is 11.4 Å². The molecule has 102 valence electrons. The van der Waals surface area contributed by atoms with Crippen molar-refractivity contribution in [1.82, 2.24) is 0 Å². The minimum atomic E-state index is -0.0294. The molecule has 1 atom stereocenters. The van der Waals surface area contributed by atoms with Crippen molar-refractivity contribution in [3.8, 4) is 0 Å². The van der Waals surface area contributed by atoms with Gasteiger partial charge in [0.05, 0.1) is 5.92 Å². The van der Waals surface area contributed by atoms with E-state index in [1.165, 1.54) is 5.56 Å². The highest BCUT2D eigenvalue weighted by Crippen LogP contribution is 2.35. The Hall–Kier alpha value is -2.29. The summed E-state index contributed by atoms with van der Waals surface area (Å²) in [6.45, 7) is 2.06. The maximum Gasteiger partial charge on any atom is 0.232 e. The van der Waals surface area contributed by atoms with Gasteiger partial charge in [-0.25, -0.2) is 0 Å². The molecule has 0 saturated carbocycles. The highest BCUT2D eigenvalue weighted by molar-refractivity contribution is 5.98. The highest BCUT2D eigenvalue weighted by atomic mass is 16.1. The molecule has 3 nitrogen and oxygen atoms in total. The van der Waals surface area contributed by atoms with Crippen LogP contribution in [0.25, 0.3) is 0 Å². The van der Waals surface area contributed by atoms with Crippen molar-refractivity contribution in [2.75, 3.05) is 11.1 Å². The Morgan fingerprint density at radius 2 is 2.10 bits per heavy atom. The first-order valence-corrected chi connectivity index (χ1v) is 6.96. The first-order valence-electron chi connectivity index (χ1n) is 6.96. The SMILES string of the molecule is CCc1ccc(NC(=O)C2Cc3ccccc32)cc1N. The summed E-state index contributed by atoms with van der Waals surface area (Å²) in [6, 6.07) is 13.8. The van der Waals surface area contributed by atoms with Crippen LogP contribution >= 0.6 is 0 Å². The first-order chi connectivity index (χ1) is 9.69. The van der Waals surface area contributed by atoms with Gasteiger partial charge in [0.15, 0.2) is 0 Å². The monoisotopic (exact) mass is 266 g/mol. The molecule has 0 radical (unpaired) electrons. The van der Waals surface area contributed by atoms with Gasteiger partial charge in [-0.2, -0.15) is 0 Å². The van der Waals surface area contributed by atoms with E-state index in [9.17, 15) is 4.79 Å². The number of nitrogens with one attached hydrogen (secondary N) is 1. The van der Waals surface area contributed by atoms with Crippen molar-refractivity contribution in [3.63, 3.8) is 0 Å². The second-order valence-electron chi connectivity index (χ2n) is 5.21. The predicted octanol–water partition coefficient (Wildman–Crippen LogP) is 3.11. The molecule has 1 amide bonds. The average molecular weight is 266 g/mol. The van der Waals surface area contributed by atoms with Crippen LogP contribution in [-0.4, -0.2) is 5.91 Å². The molecule has 0 fully saturated rings. The largest absolute Gasteiger partial charge is 0.398 e. The van der Waals surface area contributed by atoms with Crippen LogP contribution in [0.3, 0.4) is 0 Å². The Bertz CT molecular complexity index is 664. The fraction of sp³-hybridized carbons (Fsp3) is 0.235. The third kappa shape index (κ3) is 2.16. The molecule has 1 unspecified atom stereocenters. The Labute approximate surface area is 118 Å². The lowest BCUT2D eigenvalue weighted by Crippen LogP contribution is -2.30. The molecule has 2 aromatic rings. The van der Waals surface area contributed by atoms with Crippen molar-refractivity contribution in [2.24, 2.45) is 0 Å². The third-order valence-electron chi connectivity index (χ3n) is 3.97. The van der Waals surface area contributed by atoms with Crippen molar-refractivity contribution in [3.05, 3.63) is 59.2 Å². The number of fused-ring (bicyclic) bond motifs is 1. The fourth-order valence-electron chi connectivity index (χ4n) is 2.72. The number of aryl methyl sites for hydroxylation is 1. The number of hydrogen-bond acceptors (Lipinski definition) is 2. The number of hydrogen-bond donors (Lipinski definition) is 2. The zero-order chi connectivity index (χ0) is 14.1. The molecule has 3 rings (SSSR count). The van der Waals surface area contributed by atoms with Gasteiger partial charge < -0.3 is 11.1 Å². The summed E-state index contributed by atoms with van der Waals surface area (Å²) in [5.74, 6) is 0.0191. The van der Waals surface area contributed by atoms with E-state index in [4.69, 9.17) is 5.73 Å². The summed E-state index contributed by atoms with van der Waals surface area (Å²) in [5.41, 5.74) is 11.0. The molecule has 0 spiro atoms. The van der Waals surface area contributed by atoms with Gasteiger partial charge in [0.1, 0.15) is 0 Å². The molecular weight excluding hydrogens is 248 g/mol. The lowest BCUT2D eigenvalue weighted by Gasteiger charge is -2.28. The van der Waals surface area contributed by atoms with Crippen LogP contribution < -0.4 is 11.1 Å². The second-order valence-corrected chi connectivity index (χ2v) is 5.21. The number of carbonyl (C=O) groups is 1. The van der Waals surface area contributed by atoms with E-state index in [1.54, 1.807) is 0 Å². The quantitative estimate of drug-likeness (QED) is 0.839. The number of nitrogens with two attached hydrogens (primary N) is 1. The summed E-state index contributed by atoms with van der Waals surface area (Å²) in [5, 5.41) is 2.96. The van der Waals surface area contributed by atoms with Crippen LogP contribution in [0.15, 0.2) is 42.5 Å². The first kappa shape index (κ1) is 12.7. The Kier molecular flexibility index (Phi) is 3.18. The zero-order valence-electron chi connectivity index (χ0n) is 11.5. The number of benzene rings is 2. The van der Waals surface area contributed by atoms with Crippen molar-refractivity contribution < 1.29 is 4.79 Å².